The van der Waals surface area contributed by atoms with Crippen LogP contribution in [0.15, 0.2) is 53.6 Å². The third-order valence-corrected chi connectivity index (χ3v) is 3.19. The topological polar surface area (TPSA) is 79.8 Å². The van der Waals surface area contributed by atoms with Gasteiger partial charge in [0.25, 0.3) is 0 Å². The Morgan fingerprint density at radius 3 is 2.50 bits per heavy atom. The summed E-state index contributed by atoms with van der Waals surface area (Å²) in [6.45, 7) is 1.96. The van der Waals surface area contributed by atoms with E-state index in [9.17, 15) is 9.59 Å². The summed E-state index contributed by atoms with van der Waals surface area (Å²) in [5, 5.41) is 6.49. The Hall–Kier alpha value is -3.15. The Bertz CT molecular complexity index is 739. The first-order valence-electron chi connectivity index (χ1n) is 7.40. The van der Waals surface area contributed by atoms with E-state index >= 15 is 0 Å². The summed E-state index contributed by atoms with van der Waals surface area (Å²) < 4.78 is 5.17. The van der Waals surface area contributed by atoms with Crippen LogP contribution in [0.4, 0.5) is 5.69 Å². The lowest BCUT2D eigenvalue weighted by molar-refractivity contribution is -0.126. The van der Waals surface area contributed by atoms with E-state index in [1.54, 1.807) is 31.4 Å². The molecule has 0 aliphatic heterocycles. The SMILES string of the molecule is COc1ccccc1C=NNC(=O)CC(=O)Nc1ccc(C)cc1. The van der Waals surface area contributed by atoms with Crippen LogP contribution in [0.2, 0.25) is 0 Å². The van der Waals surface area contributed by atoms with Crippen LogP contribution in [0.5, 0.6) is 5.75 Å². The number of aryl methyl sites for hydroxylation is 1. The van der Waals surface area contributed by atoms with Gasteiger partial charge in [0, 0.05) is 11.3 Å². The highest BCUT2D eigenvalue weighted by atomic mass is 16.5. The highest BCUT2D eigenvalue weighted by Crippen LogP contribution is 2.14. The molecule has 0 radical (unpaired) electrons. The summed E-state index contributed by atoms with van der Waals surface area (Å²) >= 11 is 0. The van der Waals surface area contributed by atoms with Crippen LogP contribution in [-0.2, 0) is 9.59 Å². The predicted molar refractivity (Wildman–Crippen MR) is 93.2 cm³/mol. The van der Waals surface area contributed by atoms with Crippen molar-refractivity contribution in [3.63, 3.8) is 0 Å². The number of rotatable bonds is 6. The van der Waals surface area contributed by atoms with Gasteiger partial charge in [-0.3, -0.25) is 9.59 Å². The molecule has 6 nitrogen and oxygen atoms in total. The Morgan fingerprint density at radius 1 is 1.08 bits per heavy atom. The molecule has 2 N–H and O–H groups in total. The quantitative estimate of drug-likeness (QED) is 0.486. The maximum Gasteiger partial charge on any atom is 0.249 e. The molecular weight excluding hydrogens is 306 g/mol. The van der Waals surface area contributed by atoms with Crippen LogP contribution in [0.1, 0.15) is 17.5 Å². The van der Waals surface area contributed by atoms with E-state index < -0.39 is 11.8 Å². The molecule has 24 heavy (non-hydrogen) atoms. The molecule has 6 heteroatoms. The number of carbonyl (C=O) groups is 2. The lowest BCUT2D eigenvalue weighted by Gasteiger charge is -2.05. The smallest absolute Gasteiger partial charge is 0.249 e. The average Bonchev–Trinajstić information content (AvgIpc) is 2.57. The molecule has 0 unspecified atom stereocenters. The molecule has 0 spiro atoms. The number of para-hydroxylation sites is 1. The number of ether oxygens (including phenoxy) is 1. The minimum Gasteiger partial charge on any atom is -0.496 e. The molecular formula is C18H19N3O3. The van der Waals surface area contributed by atoms with Crippen LogP contribution >= 0.6 is 0 Å². The van der Waals surface area contributed by atoms with Gasteiger partial charge in [0.05, 0.1) is 13.3 Å². The van der Waals surface area contributed by atoms with Crippen molar-refractivity contribution in [2.45, 2.75) is 13.3 Å². The second kappa shape index (κ2) is 8.47. The van der Waals surface area contributed by atoms with E-state index in [4.69, 9.17) is 4.74 Å². The predicted octanol–water partition coefficient (Wildman–Crippen LogP) is 2.48. The first-order chi connectivity index (χ1) is 11.6. The molecule has 2 aromatic carbocycles. The van der Waals surface area contributed by atoms with Crippen molar-refractivity contribution in [3.8, 4) is 5.75 Å². The number of nitrogens with one attached hydrogen (secondary N) is 2. The van der Waals surface area contributed by atoms with Crippen molar-refractivity contribution >= 4 is 23.7 Å². The number of hydrogen-bond acceptors (Lipinski definition) is 4. The van der Waals surface area contributed by atoms with Crippen molar-refractivity contribution in [3.05, 3.63) is 59.7 Å². The fourth-order valence-electron chi connectivity index (χ4n) is 1.97. The molecule has 2 rings (SSSR count). The number of nitrogens with zero attached hydrogens (tertiary/aromatic N) is 1. The van der Waals surface area contributed by atoms with Gasteiger partial charge in [-0.1, -0.05) is 29.8 Å². The summed E-state index contributed by atoms with van der Waals surface area (Å²) in [6.07, 6.45) is 1.16. The number of anilines is 1. The van der Waals surface area contributed by atoms with E-state index in [-0.39, 0.29) is 6.42 Å². The van der Waals surface area contributed by atoms with Gasteiger partial charge in [-0.05, 0) is 31.2 Å². The number of hydrogen-bond donors (Lipinski definition) is 2. The molecule has 0 atom stereocenters. The van der Waals surface area contributed by atoms with Crippen LogP contribution in [0, 0.1) is 6.92 Å². The zero-order chi connectivity index (χ0) is 17.4. The zero-order valence-electron chi connectivity index (χ0n) is 13.6. The Kier molecular flexibility index (Phi) is 6.08. The van der Waals surface area contributed by atoms with Gasteiger partial charge in [0.15, 0.2) is 0 Å². The molecule has 0 aliphatic carbocycles. The summed E-state index contributed by atoms with van der Waals surface area (Å²) in [4.78, 5) is 23.5. The molecule has 0 aliphatic rings. The second-order valence-electron chi connectivity index (χ2n) is 5.13. The van der Waals surface area contributed by atoms with E-state index in [0.29, 0.717) is 11.4 Å². The molecule has 0 aromatic heterocycles. The maximum absolute atomic E-state index is 11.8. The largest absolute Gasteiger partial charge is 0.496 e. The van der Waals surface area contributed by atoms with Crippen molar-refractivity contribution in [1.29, 1.82) is 0 Å². The molecule has 0 saturated carbocycles. The molecule has 0 fully saturated rings. The number of methoxy groups -OCH3 is 1. The third-order valence-electron chi connectivity index (χ3n) is 3.19. The number of benzene rings is 2. The molecule has 2 aromatic rings. The summed E-state index contributed by atoms with van der Waals surface area (Å²) in [6, 6.07) is 14.6. The lowest BCUT2D eigenvalue weighted by Crippen LogP contribution is -2.24. The minimum absolute atomic E-state index is 0.308. The van der Waals surface area contributed by atoms with Gasteiger partial charge in [-0.15, -0.1) is 0 Å². The number of amides is 2. The first-order valence-corrected chi connectivity index (χ1v) is 7.40. The van der Waals surface area contributed by atoms with Crippen LogP contribution < -0.4 is 15.5 Å². The van der Waals surface area contributed by atoms with Gasteiger partial charge in [-0.2, -0.15) is 5.10 Å². The fraction of sp³-hybridized carbons (Fsp3) is 0.167. The Balaban J connectivity index is 1.83. The van der Waals surface area contributed by atoms with Crippen molar-refractivity contribution in [2.24, 2.45) is 5.10 Å². The third kappa shape index (κ3) is 5.24. The Morgan fingerprint density at radius 2 is 1.79 bits per heavy atom. The fourth-order valence-corrected chi connectivity index (χ4v) is 1.97. The normalized spacial score (nSPS) is 10.4. The van der Waals surface area contributed by atoms with Crippen molar-refractivity contribution in [1.82, 2.24) is 5.43 Å². The molecule has 0 heterocycles. The second-order valence-corrected chi connectivity index (χ2v) is 5.13. The summed E-state index contributed by atoms with van der Waals surface area (Å²) in [5.41, 5.74) is 4.79. The first kappa shape index (κ1) is 17.2. The molecule has 124 valence electrons. The summed E-state index contributed by atoms with van der Waals surface area (Å²) in [5.74, 6) is -0.248. The van der Waals surface area contributed by atoms with E-state index in [0.717, 1.165) is 11.1 Å². The van der Waals surface area contributed by atoms with Gasteiger partial charge in [0.2, 0.25) is 11.8 Å². The monoisotopic (exact) mass is 325 g/mol. The Labute approximate surface area is 140 Å². The van der Waals surface area contributed by atoms with Crippen molar-refractivity contribution in [2.75, 3.05) is 12.4 Å². The van der Waals surface area contributed by atoms with Gasteiger partial charge < -0.3 is 10.1 Å². The highest BCUT2D eigenvalue weighted by molar-refractivity contribution is 6.03. The van der Waals surface area contributed by atoms with E-state index in [1.807, 2.05) is 31.2 Å². The maximum atomic E-state index is 11.8. The number of hydrazone groups is 1. The zero-order valence-corrected chi connectivity index (χ0v) is 13.6. The number of carbonyl (C=O) groups excluding carboxylic acids is 2. The molecule has 2 amide bonds. The van der Waals surface area contributed by atoms with Gasteiger partial charge in [0.1, 0.15) is 12.2 Å². The average molecular weight is 325 g/mol. The molecule has 0 bridgehead atoms. The standard InChI is InChI=1S/C18H19N3O3/c1-13-7-9-15(10-8-13)20-17(22)11-18(23)21-19-12-14-5-3-4-6-16(14)24-2/h3-10,12H,11H2,1-2H3,(H,20,22)(H,21,23). The van der Waals surface area contributed by atoms with Gasteiger partial charge >= 0.3 is 0 Å². The lowest BCUT2D eigenvalue weighted by atomic mass is 10.2. The van der Waals surface area contributed by atoms with Gasteiger partial charge in [-0.25, -0.2) is 5.43 Å². The van der Waals surface area contributed by atoms with Crippen molar-refractivity contribution < 1.29 is 14.3 Å². The highest BCUT2D eigenvalue weighted by Gasteiger charge is 2.09. The van der Waals surface area contributed by atoms with Crippen LogP contribution in [0.3, 0.4) is 0 Å². The minimum atomic E-state index is -0.495. The van der Waals surface area contributed by atoms with Crippen LogP contribution in [-0.4, -0.2) is 25.1 Å². The van der Waals surface area contributed by atoms with Crippen LogP contribution in [0.25, 0.3) is 0 Å². The molecule has 0 saturated heterocycles. The van der Waals surface area contributed by atoms with E-state index in [2.05, 4.69) is 15.8 Å². The van der Waals surface area contributed by atoms with E-state index in [1.165, 1.54) is 6.21 Å². The summed E-state index contributed by atoms with van der Waals surface area (Å²) in [7, 11) is 1.56.